The van der Waals surface area contributed by atoms with Crippen LogP contribution >= 0.6 is 28.1 Å². The monoisotopic (exact) mass is 478 g/mol. The predicted octanol–water partition coefficient (Wildman–Crippen LogP) is 4.61. The number of carbonyl (C=O) groups excluding carboxylic acids is 2. The molecular weight excluding hydrogens is 460 g/mol. The Labute approximate surface area is 181 Å². The van der Waals surface area contributed by atoms with Crippen LogP contribution in [0.1, 0.15) is 36.5 Å². The molecule has 0 atom stereocenters. The van der Waals surface area contributed by atoms with Crippen LogP contribution in [0.5, 0.6) is 0 Å². The van der Waals surface area contributed by atoms with E-state index in [0.29, 0.717) is 22.3 Å². The zero-order valence-corrected chi connectivity index (χ0v) is 17.9. The minimum Gasteiger partial charge on any atom is -0.332 e. The molecule has 0 saturated heterocycles. The largest absolute Gasteiger partial charge is 0.332 e. The molecule has 2 aromatic rings. The van der Waals surface area contributed by atoms with Crippen molar-refractivity contribution in [2.75, 3.05) is 10.6 Å². The van der Waals surface area contributed by atoms with Crippen molar-refractivity contribution >= 4 is 62.1 Å². The number of thiocarbonyl (C=S) groups is 1. The van der Waals surface area contributed by atoms with Crippen molar-refractivity contribution in [1.82, 2.24) is 5.32 Å². The third-order valence-electron chi connectivity index (χ3n) is 3.79. The van der Waals surface area contributed by atoms with Gasteiger partial charge in [0.2, 0.25) is 5.91 Å². The Morgan fingerprint density at radius 2 is 1.83 bits per heavy atom. The predicted molar refractivity (Wildman–Crippen MR) is 119 cm³/mol. The number of amides is 2. The van der Waals surface area contributed by atoms with Gasteiger partial charge in [-0.05, 0) is 58.8 Å². The molecule has 0 spiro atoms. The second-order valence-electron chi connectivity index (χ2n) is 6.06. The van der Waals surface area contributed by atoms with Gasteiger partial charge >= 0.3 is 0 Å². The van der Waals surface area contributed by atoms with Crippen molar-refractivity contribution in [3.63, 3.8) is 0 Å². The van der Waals surface area contributed by atoms with E-state index in [1.807, 2.05) is 6.92 Å². The third kappa shape index (κ3) is 6.91. The first-order valence-corrected chi connectivity index (χ1v) is 9.96. The zero-order valence-electron chi connectivity index (χ0n) is 15.5. The molecule has 8 nitrogen and oxygen atoms in total. The Balaban J connectivity index is 2.01. The van der Waals surface area contributed by atoms with Gasteiger partial charge in [0.25, 0.3) is 11.6 Å². The van der Waals surface area contributed by atoms with Gasteiger partial charge in [-0.15, -0.1) is 0 Å². The highest BCUT2D eigenvalue weighted by molar-refractivity contribution is 9.10. The average Bonchev–Trinajstić information content (AvgIpc) is 2.66. The molecule has 0 fully saturated rings. The van der Waals surface area contributed by atoms with E-state index in [0.717, 1.165) is 18.9 Å². The van der Waals surface area contributed by atoms with Crippen LogP contribution in [0.4, 0.5) is 17.1 Å². The van der Waals surface area contributed by atoms with Crippen molar-refractivity contribution in [1.29, 1.82) is 0 Å². The van der Waals surface area contributed by atoms with Gasteiger partial charge in [-0.25, -0.2) is 0 Å². The fourth-order valence-corrected chi connectivity index (χ4v) is 3.01. The fraction of sp³-hybridized carbons (Fsp3) is 0.211. The second-order valence-corrected chi connectivity index (χ2v) is 7.32. The molecule has 0 aliphatic carbocycles. The number of anilines is 2. The Hall–Kier alpha value is -2.85. The summed E-state index contributed by atoms with van der Waals surface area (Å²) in [6.07, 6.45) is 2.19. The highest BCUT2D eigenvalue weighted by atomic mass is 79.9. The first kappa shape index (κ1) is 22.4. The lowest BCUT2D eigenvalue weighted by molar-refractivity contribution is -0.384. The quantitative estimate of drug-likeness (QED) is 0.304. The molecule has 0 saturated carbocycles. The minimum atomic E-state index is -0.595. The maximum Gasteiger partial charge on any atom is 0.270 e. The molecule has 10 heteroatoms. The molecule has 3 N–H and O–H groups in total. The van der Waals surface area contributed by atoms with E-state index in [2.05, 4.69) is 31.9 Å². The van der Waals surface area contributed by atoms with Crippen LogP contribution in [0, 0.1) is 10.1 Å². The summed E-state index contributed by atoms with van der Waals surface area (Å²) in [5.74, 6) is -0.669. The third-order valence-corrected chi connectivity index (χ3v) is 4.69. The van der Waals surface area contributed by atoms with Crippen molar-refractivity contribution in [3.8, 4) is 0 Å². The Bertz CT molecular complexity index is 952. The number of halogens is 1. The van der Waals surface area contributed by atoms with Gasteiger partial charge in [-0.3, -0.25) is 25.0 Å². The maximum absolute atomic E-state index is 12.4. The molecule has 0 aromatic heterocycles. The van der Waals surface area contributed by atoms with Crippen LogP contribution in [0.25, 0.3) is 0 Å². The number of nitro benzene ring substituents is 1. The summed E-state index contributed by atoms with van der Waals surface area (Å²) in [5.41, 5.74) is 1.05. The van der Waals surface area contributed by atoms with Gasteiger partial charge in [-0.1, -0.05) is 19.4 Å². The topological polar surface area (TPSA) is 113 Å². The van der Waals surface area contributed by atoms with Crippen LogP contribution < -0.4 is 16.0 Å². The SMILES string of the molecule is CCCCC(=O)Nc1cccc(NC(=S)NC(=O)c2cc([N+](=O)[O-])ccc2Br)c1. The van der Waals surface area contributed by atoms with Gasteiger partial charge in [0.15, 0.2) is 5.11 Å². The number of rotatable bonds is 7. The molecule has 0 unspecified atom stereocenters. The number of non-ortho nitro benzene ring substituents is 1. The number of carbonyl (C=O) groups is 2. The summed E-state index contributed by atoms with van der Waals surface area (Å²) in [4.78, 5) is 34.6. The van der Waals surface area contributed by atoms with Crippen molar-refractivity contribution < 1.29 is 14.5 Å². The van der Waals surface area contributed by atoms with Crippen LogP contribution in [0.15, 0.2) is 46.9 Å². The van der Waals surface area contributed by atoms with Crippen LogP contribution in [0.2, 0.25) is 0 Å². The molecule has 0 heterocycles. The van der Waals surface area contributed by atoms with Crippen molar-refractivity contribution in [3.05, 3.63) is 62.6 Å². The smallest absolute Gasteiger partial charge is 0.270 e. The number of nitro groups is 1. The first-order valence-electron chi connectivity index (χ1n) is 8.76. The lowest BCUT2D eigenvalue weighted by atomic mass is 10.2. The summed E-state index contributed by atoms with van der Waals surface area (Å²) < 4.78 is 0.403. The average molecular weight is 479 g/mol. The molecule has 2 aromatic carbocycles. The lowest BCUT2D eigenvalue weighted by Gasteiger charge is -2.12. The van der Waals surface area contributed by atoms with E-state index in [1.54, 1.807) is 24.3 Å². The van der Waals surface area contributed by atoms with E-state index in [9.17, 15) is 19.7 Å². The molecule has 152 valence electrons. The molecule has 0 aliphatic rings. The van der Waals surface area contributed by atoms with Crippen LogP contribution in [-0.4, -0.2) is 21.9 Å². The Morgan fingerprint density at radius 3 is 2.48 bits per heavy atom. The van der Waals surface area contributed by atoms with E-state index in [-0.39, 0.29) is 22.3 Å². The molecule has 0 aliphatic heterocycles. The van der Waals surface area contributed by atoms with E-state index in [4.69, 9.17) is 12.2 Å². The summed E-state index contributed by atoms with van der Waals surface area (Å²) in [6, 6.07) is 10.8. The highest BCUT2D eigenvalue weighted by Gasteiger charge is 2.16. The molecule has 2 rings (SSSR count). The lowest BCUT2D eigenvalue weighted by Crippen LogP contribution is -2.34. The molecule has 29 heavy (non-hydrogen) atoms. The first-order chi connectivity index (χ1) is 13.8. The Kier molecular flexibility index (Phi) is 8.22. The van der Waals surface area contributed by atoms with Crippen molar-refractivity contribution in [2.45, 2.75) is 26.2 Å². The van der Waals surface area contributed by atoms with Crippen molar-refractivity contribution in [2.24, 2.45) is 0 Å². The van der Waals surface area contributed by atoms with E-state index >= 15 is 0 Å². The minimum absolute atomic E-state index is 0.0165. The summed E-state index contributed by atoms with van der Waals surface area (Å²) in [6.45, 7) is 2.01. The number of nitrogens with zero attached hydrogens (tertiary/aromatic N) is 1. The second kappa shape index (κ2) is 10.6. The van der Waals surface area contributed by atoms with E-state index < -0.39 is 10.8 Å². The number of hydrogen-bond donors (Lipinski definition) is 3. The standard InChI is InChI=1S/C19H19BrN4O4S/c1-2-3-7-17(25)21-12-5-4-6-13(10-12)22-19(29)23-18(26)15-11-14(24(27)28)8-9-16(15)20/h4-6,8-11H,2-3,7H2,1H3,(H,21,25)(H2,22,23,26,29). The van der Waals surface area contributed by atoms with Crippen LogP contribution in [0.3, 0.4) is 0 Å². The van der Waals surface area contributed by atoms with Gasteiger partial charge in [0.05, 0.1) is 10.5 Å². The van der Waals surface area contributed by atoms with Gasteiger partial charge in [0.1, 0.15) is 0 Å². The Morgan fingerprint density at radius 1 is 1.14 bits per heavy atom. The van der Waals surface area contributed by atoms with E-state index in [1.165, 1.54) is 12.1 Å². The zero-order chi connectivity index (χ0) is 21.4. The molecule has 2 amide bonds. The maximum atomic E-state index is 12.4. The summed E-state index contributed by atoms with van der Waals surface area (Å²) >= 11 is 8.35. The summed E-state index contributed by atoms with van der Waals surface area (Å²) in [7, 11) is 0. The van der Waals surface area contributed by atoms with Gasteiger partial charge in [-0.2, -0.15) is 0 Å². The number of hydrogen-bond acceptors (Lipinski definition) is 5. The molecular formula is C19H19BrN4O4S. The molecule has 0 radical (unpaired) electrons. The highest BCUT2D eigenvalue weighted by Crippen LogP contribution is 2.22. The summed E-state index contributed by atoms with van der Waals surface area (Å²) in [5, 5.41) is 19.1. The number of nitrogens with one attached hydrogen (secondary N) is 3. The normalized spacial score (nSPS) is 10.1. The molecule has 0 bridgehead atoms. The number of benzene rings is 2. The fourth-order valence-electron chi connectivity index (χ4n) is 2.37. The number of unbranched alkanes of at least 4 members (excludes halogenated alkanes) is 1. The van der Waals surface area contributed by atoms with Gasteiger partial charge < -0.3 is 10.6 Å². The van der Waals surface area contributed by atoms with Gasteiger partial charge in [0, 0.05) is 34.4 Å². The van der Waals surface area contributed by atoms with Crippen LogP contribution in [-0.2, 0) is 4.79 Å².